The van der Waals surface area contributed by atoms with Crippen molar-refractivity contribution in [2.75, 3.05) is 5.73 Å². The highest BCUT2D eigenvalue weighted by Crippen LogP contribution is 2.21. The molecule has 0 fully saturated rings. The molecule has 3 nitrogen and oxygen atoms in total. The molecule has 0 saturated carbocycles. The second-order valence-corrected chi connectivity index (χ2v) is 3.27. The van der Waals surface area contributed by atoms with E-state index in [0.29, 0.717) is 12.0 Å². The molecule has 1 aromatic heterocycles. The normalized spacial score (nSPS) is 9.80. The quantitative estimate of drug-likeness (QED) is 0.805. The number of hydrogen-bond donors (Lipinski definition) is 1. The average molecular weight is 198 g/mol. The molecular formula is C12H10N2O. The molecule has 3 heteroatoms. The molecule has 0 aliphatic carbocycles. The Balaban J connectivity index is 2.30. The molecule has 0 aliphatic rings. The van der Waals surface area contributed by atoms with E-state index < -0.39 is 0 Å². The molecule has 0 bridgehead atoms. The van der Waals surface area contributed by atoms with Crippen molar-refractivity contribution in [3.05, 3.63) is 53.3 Å². The first-order valence-electron chi connectivity index (χ1n) is 4.61. The monoisotopic (exact) mass is 198 g/mol. The van der Waals surface area contributed by atoms with Crippen molar-refractivity contribution in [1.29, 1.82) is 5.26 Å². The lowest BCUT2D eigenvalue weighted by atomic mass is 10.0. The highest BCUT2D eigenvalue weighted by atomic mass is 16.3. The van der Waals surface area contributed by atoms with Gasteiger partial charge in [0.15, 0.2) is 0 Å². The predicted octanol–water partition coefficient (Wildman–Crippen LogP) is 2.32. The van der Waals surface area contributed by atoms with E-state index >= 15 is 0 Å². The van der Waals surface area contributed by atoms with Crippen molar-refractivity contribution in [1.82, 2.24) is 0 Å². The highest BCUT2D eigenvalue weighted by Gasteiger charge is 2.10. The Labute approximate surface area is 87.7 Å². The van der Waals surface area contributed by atoms with Crippen LogP contribution in [0.3, 0.4) is 0 Å². The predicted molar refractivity (Wildman–Crippen MR) is 57.1 cm³/mol. The summed E-state index contributed by atoms with van der Waals surface area (Å²) in [5, 5.41) is 8.88. The molecule has 0 saturated heterocycles. The lowest BCUT2D eigenvalue weighted by Crippen LogP contribution is -1.91. The highest BCUT2D eigenvalue weighted by molar-refractivity contribution is 5.52. The molecule has 1 heterocycles. The molecule has 1 aromatic carbocycles. The van der Waals surface area contributed by atoms with E-state index in [1.807, 2.05) is 36.4 Å². The number of nitrogen functional groups attached to an aromatic ring is 1. The molecule has 74 valence electrons. The van der Waals surface area contributed by atoms with Crippen LogP contribution in [0.5, 0.6) is 0 Å². The summed E-state index contributed by atoms with van der Waals surface area (Å²) in [5.41, 5.74) is 7.93. The minimum Gasteiger partial charge on any atom is -0.447 e. The van der Waals surface area contributed by atoms with E-state index in [4.69, 9.17) is 15.4 Å². The lowest BCUT2D eigenvalue weighted by Gasteiger charge is -1.97. The van der Waals surface area contributed by atoms with Crippen LogP contribution >= 0.6 is 0 Å². The smallest absolute Gasteiger partial charge is 0.208 e. The fraction of sp³-hybridized carbons (Fsp3) is 0.0833. The maximum Gasteiger partial charge on any atom is 0.208 e. The van der Waals surface area contributed by atoms with Gasteiger partial charge in [0.1, 0.15) is 11.6 Å². The molecule has 2 N–H and O–H groups in total. The van der Waals surface area contributed by atoms with Gasteiger partial charge in [-0.3, -0.25) is 0 Å². The molecule has 0 amide bonds. The molecular weight excluding hydrogens is 188 g/mol. The number of benzene rings is 1. The van der Waals surface area contributed by atoms with Gasteiger partial charge in [-0.15, -0.1) is 0 Å². The number of nitrogens with zero attached hydrogens (tertiary/aromatic N) is 1. The van der Waals surface area contributed by atoms with Crippen LogP contribution < -0.4 is 5.73 Å². The lowest BCUT2D eigenvalue weighted by molar-refractivity contribution is 0.584. The van der Waals surface area contributed by atoms with Gasteiger partial charge in [0.25, 0.3) is 0 Å². The largest absolute Gasteiger partial charge is 0.447 e. The number of furan rings is 1. The van der Waals surface area contributed by atoms with Gasteiger partial charge in [0.2, 0.25) is 5.88 Å². The number of nitriles is 1. The third-order valence-corrected chi connectivity index (χ3v) is 2.24. The van der Waals surface area contributed by atoms with Gasteiger partial charge in [-0.05, 0) is 5.56 Å². The first kappa shape index (κ1) is 9.35. The summed E-state index contributed by atoms with van der Waals surface area (Å²) in [6.07, 6.45) is 2.21. The standard InChI is InChI=1S/C12H10N2O/c13-7-11-10(8-15-12(11)14)6-9-4-2-1-3-5-9/h1-5,8H,6,14H2. The number of hydrogen-bond acceptors (Lipinski definition) is 3. The summed E-state index contributed by atoms with van der Waals surface area (Å²) in [7, 11) is 0. The van der Waals surface area contributed by atoms with Crippen molar-refractivity contribution < 1.29 is 4.42 Å². The summed E-state index contributed by atoms with van der Waals surface area (Å²) in [6.45, 7) is 0. The zero-order chi connectivity index (χ0) is 10.7. The Morgan fingerprint density at radius 1 is 1.27 bits per heavy atom. The maximum atomic E-state index is 8.88. The van der Waals surface area contributed by atoms with Gasteiger partial charge in [-0.1, -0.05) is 30.3 Å². The van der Waals surface area contributed by atoms with Gasteiger partial charge in [0.05, 0.1) is 6.26 Å². The second kappa shape index (κ2) is 3.89. The van der Waals surface area contributed by atoms with Crippen LogP contribution in [0, 0.1) is 11.3 Å². The first-order valence-corrected chi connectivity index (χ1v) is 4.61. The van der Waals surface area contributed by atoms with E-state index in [1.165, 1.54) is 0 Å². The Kier molecular flexibility index (Phi) is 2.42. The molecule has 0 radical (unpaired) electrons. The molecule has 2 aromatic rings. The van der Waals surface area contributed by atoms with E-state index in [0.717, 1.165) is 11.1 Å². The van der Waals surface area contributed by atoms with Crippen LogP contribution in [0.25, 0.3) is 0 Å². The third-order valence-electron chi connectivity index (χ3n) is 2.24. The number of anilines is 1. The first-order chi connectivity index (χ1) is 7.31. The van der Waals surface area contributed by atoms with Crippen molar-refractivity contribution in [2.24, 2.45) is 0 Å². The number of nitrogens with two attached hydrogens (primary N) is 1. The van der Waals surface area contributed by atoms with Gasteiger partial charge in [-0.2, -0.15) is 5.26 Å². The van der Waals surface area contributed by atoms with Crippen LogP contribution in [-0.4, -0.2) is 0 Å². The van der Waals surface area contributed by atoms with E-state index in [-0.39, 0.29) is 5.88 Å². The summed E-state index contributed by atoms with van der Waals surface area (Å²) < 4.78 is 5.01. The summed E-state index contributed by atoms with van der Waals surface area (Å²) in [6, 6.07) is 11.9. The second-order valence-electron chi connectivity index (χ2n) is 3.27. The summed E-state index contributed by atoms with van der Waals surface area (Å²) >= 11 is 0. The van der Waals surface area contributed by atoms with E-state index in [1.54, 1.807) is 6.26 Å². The topological polar surface area (TPSA) is 63.0 Å². The number of rotatable bonds is 2. The van der Waals surface area contributed by atoms with Crippen molar-refractivity contribution in [2.45, 2.75) is 6.42 Å². The Morgan fingerprint density at radius 2 is 2.00 bits per heavy atom. The fourth-order valence-corrected chi connectivity index (χ4v) is 1.48. The Morgan fingerprint density at radius 3 is 2.67 bits per heavy atom. The third kappa shape index (κ3) is 1.84. The van der Waals surface area contributed by atoms with Gasteiger partial charge >= 0.3 is 0 Å². The van der Waals surface area contributed by atoms with Crippen molar-refractivity contribution in [3.8, 4) is 6.07 Å². The van der Waals surface area contributed by atoms with E-state index in [2.05, 4.69) is 0 Å². The molecule has 2 rings (SSSR count). The SMILES string of the molecule is N#Cc1c(Cc2ccccc2)coc1N. The van der Waals surface area contributed by atoms with Crippen LogP contribution in [0.2, 0.25) is 0 Å². The molecule has 0 aliphatic heterocycles. The molecule has 0 unspecified atom stereocenters. The summed E-state index contributed by atoms with van der Waals surface area (Å²) in [4.78, 5) is 0. The van der Waals surface area contributed by atoms with Crippen LogP contribution in [0.4, 0.5) is 5.88 Å². The van der Waals surface area contributed by atoms with Crippen LogP contribution in [-0.2, 0) is 6.42 Å². The molecule has 15 heavy (non-hydrogen) atoms. The minimum absolute atomic E-state index is 0.198. The average Bonchev–Trinajstić information content (AvgIpc) is 2.61. The minimum atomic E-state index is 0.198. The van der Waals surface area contributed by atoms with Gasteiger partial charge in [0, 0.05) is 12.0 Å². The van der Waals surface area contributed by atoms with Crippen LogP contribution in [0.15, 0.2) is 41.0 Å². The van der Waals surface area contributed by atoms with Gasteiger partial charge in [-0.25, -0.2) is 0 Å². The van der Waals surface area contributed by atoms with E-state index in [9.17, 15) is 0 Å². The zero-order valence-corrected chi connectivity index (χ0v) is 8.10. The Bertz CT molecular complexity index is 494. The van der Waals surface area contributed by atoms with Crippen LogP contribution in [0.1, 0.15) is 16.7 Å². The molecule has 0 spiro atoms. The zero-order valence-electron chi connectivity index (χ0n) is 8.10. The van der Waals surface area contributed by atoms with Gasteiger partial charge < -0.3 is 10.2 Å². The molecule has 0 atom stereocenters. The van der Waals surface area contributed by atoms with Crippen molar-refractivity contribution in [3.63, 3.8) is 0 Å². The Hall–Kier alpha value is -2.21. The van der Waals surface area contributed by atoms with Crippen molar-refractivity contribution >= 4 is 5.88 Å². The fourth-order valence-electron chi connectivity index (χ4n) is 1.48. The summed E-state index contributed by atoms with van der Waals surface area (Å²) in [5.74, 6) is 0.198. The maximum absolute atomic E-state index is 8.88.